The Kier molecular flexibility index (Phi) is 7.62. The molecule has 7 nitrogen and oxygen atoms in total. The SMILES string of the molecule is COc1cc(C)ccc1-c1nc2c(n1C(C)C)CC(=O)Nc1cc(Cl)ccc1CN(c1cc(Cl)ccc1C)C2=O. The molecule has 2 amide bonds. The van der Waals surface area contributed by atoms with Gasteiger partial charge in [0, 0.05) is 27.5 Å². The molecule has 2 heterocycles. The second-order valence-corrected chi connectivity index (χ2v) is 11.1. The van der Waals surface area contributed by atoms with Crippen LogP contribution >= 0.6 is 23.2 Å². The van der Waals surface area contributed by atoms with Gasteiger partial charge in [-0.05, 0) is 80.8 Å². The van der Waals surface area contributed by atoms with Crippen LogP contribution in [0.3, 0.4) is 0 Å². The Morgan fingerprint density at radius 2 is 1.70 bits per heavy atom. The summed E-state index contributed by atoms with van der Waals surface area (Å²) in [7, 11) is 1.61. The van der Waals surface area contributed by atoms with E-state index < -0.39 is 0 Å². The number of benzene rings is 3. The van der Waals surface area contributed by atoms with Crippen molar-refractivity contribution >= 4 is 46.4 Å². The summed E-state index contributed by atoms with van der Waals surface area (Å²) >= 11 is 12.7. The first kappa shape index (κ1) is 27.7. The van der Waals surface area contributed by atoms with Crippen LogP contribution in [0.25, 0.3) is 11.4 Å². The first-order chi connectivity index (χ1) is 19.1. The zero-order valence-electron chi connectivity index (χ0n) is 23.0. The van der Waals surface area contributed by atoms with Crippen LogP contribution in [0.2, 0.25) is 10.0 Å². The van der Waals surface area contributed by atoms with E-state index in [0.717, 1.165) is 22.3 Å². The summed E-state index contributed by atoms with van der Waals surface area (Å²) in [6.45, 7) is 8.09. The van der Waals surface area contributed by atoms with Crippen LogP contribution in [-0.2, 0) is 17.8 Å². The van der Waals surface area contributed by atoms with Crippen molar-refractivity contribution in [1.82, 2.24) is 9.55 Å². The van der Waals surface area contributed by atoms with Gasteiger partial charge in [0.05, 0.1) is 31.3 Å². The molecule has 1 aliphatic heterocycles. The Morgan fingerprint density at radius 1 is 0.975 bits per heavy atom. The van der Waals surface area contributed by atoms with Crippen molar-refractivity contribution in [2.45, 2.75) is 46.7 Å². The zero-order chi connectivity index (χ0) is 28.7. The summed E-state index contributed by atoms with van der Waals surface area (Å²) in [5, 5.41) is 4.01. The highest BCUT2D eigenvalue weighted by atomic mass is 35.5. The number of carbonyl (C=O) groups is 2. The molecule has 1 aromatic heterocycles. The number of methoxy groups -OCH3 is 1. The number of amides is 2. The Bertz CT molecular complexity index is 1640. The van der Waals surface area contributed by atoms with Gasteiger partial charge in [0.2, 0.25) is 5.91 Å². The molecule has 1 N–H and O–H groups in total. The zero-order valence-corrected chi connectivity index (χ0v) is 24.5. The molecule has 9 heteroatoms. The number of fused-ring (bicyclic) bond motifs is 2. The molecule has 5 rings (SSSR count). The first-order valence-corrected chi connectivity index (χ1v) is 13.8. The number of nitrogens with zero attached hydrogens (tertiary/aromatic N) is 3. The molecule has 206 valence electrons. The van der Waals surface area contributed by atoms with E-state index in [-0.39, 0.29) is 36.5 Å². The van der Waals surface area contributed by atoms with Gasteiger partial charge >= 0.3 is 0 Å². The van der Waals surface area contributed by atoms with Crippen molar-refractivity contribution < 1.29 is 14.3 Å². The second kappa shape index (κ2) is 11.0. The lowest BCUT2D eigenvalue weighted by atomic mass is 10.1. The quantitative estimate of drug-likeness (QED) is 0.274. The Hall–Kier alpha value is -3.81. The highest BCUT2D eigenvalue weighted by molar-refractivity contribution is 6.31. The predicted molar refractivity (Wildman–Crippen MR) is 160 cm³/mol. The van der Waals surface area contributed by atoms with Crippen molar-refractivity contribution in [2.75, 3.05) is 17.3 Å². The van der Waals surface area contributed by atoms with E-state index in [1.807, 2.05) is 62.6 Å². The molecule has 0 saturated heterocycles. The topological polar surface area (TPSA) is 76.5 Å². The fraction of sp³-hybridized carbons (Fsp3) is 0.258. The van der Waals surface area contributed by atoms with Crippen LogP contribution in [0.1, 0.15) is 52.8 Å². The molecule has 4 aromatic rings. The van der Waals surface area contributed by atoms with Crippen molar-refractivity contribution in [3.05, 3.63) is 92.7 Å². The van der Waals surface area contributed by atoms with Gasteiger partial charge in [-0.1, -0.05) is 41.4 Å². The molecule has 0 saturated carbocycles. The minimum atomic E-state index is -0.331. The van der Waals surface area contributed by atoms with Gasteiger partial charge < -0.3 is 19.5 Å². The third-order valence-electron chi connectivity index (χ3n) is 7.04. The average molecular weight is 578 g/mol. The molecule has 40 heavy (non-hydrogen) atoms. The third kappa shape index (κ3) is 5.19. The number of carbonyl (C=O) groups excluding carboxylic acids is 2. The van der Waals surface area contributed by atoms with E-state index in [4.69, 9.17) is 32.9 Å². The summed E-state index contributed by atoms with van der Waals surface area (Å²) in [5.74, 6) is 0.591. The molecule has 0 unspecified atom stereocenters. The number of nitrogens with one attached hydrogen (secondary N) is 1. The Balaban J connectivity index is 1.79. The van der Waals surface area contributed by atoms with Crippen molar-refractivity contribution in [2.24, 2.45) is 0 Å². The summed E-state index contributed by atoms with van der Waals surface area (Å²) in [6.07, 6.45) is -0.0608. The Labute approximate surface area is 243 Å². The summed E-state index contributed by atoms with van der Waals surface area (Å²) in [6, 6.07) is 16.4. The lowest BCUT2D eigenvalue weighted by Crippen LogP contribution is -2.34. The maximum atomic E-state index is 14.5. The van der Waals surface area contributed by atoms with E-state index in [1.54, 1.807) is 36.3 Å². The minimum Gasteiger partial charge on any atom is -0.496 e. The molecule has 0 aliphatic carbocycles. The number of rotatable bonds is 4. The molecular formula is C31H30Cl2N4O3. The standard InChI is InChI=1S/C31H30Cl2N4O3/c1-17(2)37-26-15-28(38)34-24-13-21(32)10-8-20(24)16-36(25-14-22(33)9-7-19(25)4)31(39)29(26)35-30(37)23-11-6-18(3)12-27(23)40-5/h6-14,17H,15-16H2,1-5H3,(H,34,38). The monoisotopic (exact) mass is 576 g/mol. The Morgan fingerprint density at radius 3 is 2.42 bits per heavy atom. The van der Waals surface area contributed by atoms with E-state index in [0.29, 0.717) is 38.7 Å². The van der Waals surface area contributed by atoms with Gasteiger partial charge in [-0.25, -0.2) is 4.98 Å². The molecule has 0 spiro atoms. The lowest BCUT2D eigenvalue weighted by Gasteiger charge is -2.27. The van der Waals surface area contributed by atoms with Gasteiger partial charge in [-0.2, -0.15) is 0 Å². The van der Waals surface area contributed by atoms with Gasteiger partial charge in [0.1, 0.15) is 11.6 Å². The van der Waals surface area contributed by atoms with Crippen LogP contribution in [-0.4, -0.2) is 28.5 Å². The van der Waals surface area contributed by atoms with Gasteiger partial charge in [-0.3, -0.25) is 9.59 Å². The largest absolute Gasteiger partial charge is 0.496 e. The van der Waals surface area contributed by atoms with E-state index in [9.17, 15) is 9.59 Å². The first-order valence-electron chi connectivity index (χ1n) is 13.0. The fourth-order valence-corrected chi connectivity index (χ4v) is 5.46. The molecule has 1 aliphatic rings. The number of aryl methyl sites for hydroxylation is 2. The number of hydrogen-bond acceptors (Lipinski definition) is 4. The number of aromatic nitrogens is 2. The predicted octanol–water partition coefficient (Wildman–Crippen LogP) is 7.40. The number of imidazole rings is 1. The smallest absolute Gasteiger partial charge is 0.279 e. The minimum absolute atomic E-state index is 0.0608. The normalized spacial score (nSPS) is 13.7. The third-order valence-corrected chi connectivity index (χ3v) is 7.51. The number of anilines is 2. The van der Waals surface area contributed by atoms with Crippen molar-refractivity contribution in [3.8, 4) is 17.1 Å². The van der Waals surface area contributed by atoms with Crippen LogP contribution in [0.5, 0.6) is 5.75 Å². The summed E-state index contributed by atoms with van der Waals surface area (Å²) < 4.78 is 7.65. The molecule has 3 aromatic carbocycles. The summed E-state index contributed by atoms with van der Waals surface area (Å²) in [4.78, 5) is 34.6. The number of hydrogen-bond donors (Lipinski definition) is 1. The average Bonchev–Trinajstić information content (AvgIpc) is 3.28. The second-order valence-electron chi connectivity index (χ2n) is 10.2. The highest BCUT2D eigenvalue weighted by Gasteiger charge is 2.32. The maximum absolute atomic E-state index is 14.5. The maximum Gasteiger partial charge on any atom is 0.279 e. The molecule has 0 atom stereocenters. The fourth-order valence-electron chi connectivity index (χ4n) is 5.12. The molecule has 0 bridgehead atoms. The van der Waals surface area contributed by atoms with E-state index in [2.05, 4.69) is 5.32 Å². The van der Waals surface area contributed by atoms with Crippen LogP contribution in [0, 0.1) is 13.8 Å². The van der Waals surface area contributed by atoms with Crippen molar-refractivity contribution in [1.29, 1.82) is 0 Å². The molecular weight excluding hydrogens is 547 g/mol. The van der Waals surface area contributed by atoms with E-state index in [1.165, 1.54) is 0 Å². The van der Waals surface area contributed by atoms with Crippen LogP contribution in [0.15, 0.2) is 54.6 Å². The van der Waals surface area contributed by atoms with E-state index >= 15 is 0 Å². The van der Waals surface area contributed by atoms with Crippen LogP contribution < -0.4 is 15.0 Å². The number of halogens is 2. The van der Waals surface area contributed by atoms with Gasteiger partial charge in [-0.15, -0.1) is 0 Å². The van der Waals surface area contributed by atoms with Crippen LogP contribution in [0.4, 0.5) is 11.4 Å². The summed E-state index contributed by atoms with van der Waals surface area (Å²) in [5.41, 5.74) is 5.31. The number of ether oxygens (including phenoxy) is 1. The molecule has 0 fully saturated rings. The molecule has 0 radical (unpaired) electrons. The lowest BCUT2D eigenvalue weighted by molar-refractivity contribution is -0.115. The van der Waals surface area contributed by atoms with Crippen molar-refractivity contribution in [3.63, 3.8) is 0 Å². The van der Waals surface area contributed by atoms with Gasteiger partial charge in [0.15, 0.2) is 5.69 Å². The van der Waals surface area contributed by atoms with Gasteiger partial charge in [0.25, 0.3) is 5.91 Å². The highest BCUT2D eigenvalue weighted by Crippen LogP contribution is 2.37.